The van der Waals surface area contributed by atoms with Gasteiger partial charge in [0.2, 0.25) is 5.91 Å². The Morgan fingerprint density at radius 2 is 2.14 bits per heavy atom. The summed E-state index contributed by atoms with van der Waals surface area (Å²) in [6.07, 6.45) is 4.22. The number of hydrogen-bond acceptors (Lipinski definition) is 7. The molecule has 28 heavy (non-hydrogen) atoms. The van der Waals surface area contributed by atoms with E-state index in [-0.39, 0.29) is 11.9 Å². The van der Waals surface area contributed by atoms with Crippen molar-refractivity contribution in [2.75, 3.05) is 26.3 Å². The first-order chi connectivity index (χ1) is 13.6. The Bertz CT molecular complexity index is 813. The van der Waals surface area contributed by atoms with Crippen LogP contribution in [0.1, 0.15) is 20.3 Å². The number of aromatic nitrogens is 4. The molecule has 3 amide bonds. The van der Waals surface area contributed by atoms with Gasteiger partial charge in [-0.25, -0.2) is 4.79 Å². The van der Waals surface area contributed by atoms with E-state index in [9.17, 15) is 9.59 Å². The van der Waals surface area contributed by atoms with Crippen molar-refractivity contribution in [3.63, 3.8) is 0 Å². The summed E-state index contributed by atoms with van der Waals surface area (Å²) in [5.41, 5.74) is 0.906. The maximum Gasteiger partial charge on any atom is 0.324 e. The largest absolute Gasteiger partial charge is 0.382 e. The molecule has 1 aliphatic rings. The number of ether oxygens (including phenoxy) is 1. The Balaban J connectivity index is 1.78. The number of nitrogens with zero attached hydrogens (tertiary/aromatic N) is 5. The Kier molecular flexibility index (Phi) is 6.99. The lowest BCUT2D eigenvalue weighted by atomic mass is 10.2. The van der Waals surface area contributed by atoms with E-state index in [0.717, 1.165) is 17.8 Å². The lowest BCUT2D eigenvalue weighted by molar-refractivity contribution is -0.126. The second kappa shape index (κ2) is 9.65. The van der Waals surface area contributed by atoms with Crippen LogP contribution in [-0.2, 0) is 16.1 Å². The van der Waals surface area contributed by atoms with Gasteiger partial charge in [-0.1, -0.05) is 11.8 Å². The smallest absolute Gasteiger partial charge is 0.324 e. The molecule has 1 N–H and O–H groups in total. The molecular weight excluding hydrogens is 380 g/mol. The third-order valence-electron chi connectivity index (χ3n) is 4.28. The summed E-state index contributed by atoms with van der Waals surface area (Å²) in [6, 6.07) is 3.41. The number of urea groups is 1. The fourth-order valence-corrected chi connectivity index (χ4v) is 3.81. The SMILES string of the molecule is CCOCCCn1c(S[C@H](C)C(=O)N2CCNC2=O)nnc1-c1ccncc1. The van der Waals surface area contributed by atoms with Crippen molar-refractivity contribution in [2.45, 2.75) is 37.2 Å². The summed E-state index contributed by atoms with van der Waals surface area (Å²) >= 11 is 1.31. The number of carbonyl (C=O) groups is 2. The number of imide groups is 1. The van der Waals surface area contributed by atoms with Gasteiger partial charge in [0, 0.05) is 50.8 Å². The number of nitrogens with one attached hydrogen (secondary N) is 1. The first-order valence-corrected chi connectivity index (χ1v) is 10.2. The molecule has 0 aliphatic carbocycles. The molecule has 0 radical (unpaired) electrons. The van der Waals surface area contributed by atoms with Gasteiger partial charge < -0.3 is 14.6 Å². The highest BCUT2D eigenvalue weighted by atomic mass is 32.2. The van der Waals surface area contributed by atoms with Crippen LogP contribution in [0.25, 0.3) is 11.4 Å². The lowest BCUT2D eigenvalue weighted by Crippen LogP contribution is -2.39. The van der Waals surface area contributed by atoms with Crippen LogP contribution in [0.15, 0.2) is 29.7 Å². The summed E-state index contributed by atoms with van der Waals surface area (Å²) in [7, 11) is 0. The Hall–Kier alpha value is -2.46. The maximum absolute atomic E-state index is 12.6. The van der Waals surface area contributed by atoms with E-state index in [4.69, 9.17) is 4.74 Å². The molecule has 3 heterocycles. The van der Waals surface area contributed by atoms with E-state index in [1.807, 2.05) is 23.6 Å². The van der Waals surface area contributed by atoms with Crippen molar-refractivity contribution in [1.29, 1.82) is 0 Å². The lowest BCUT2D eigenvalue weighted by Gasteiger charge is -2.17. The number of hydrogen-bond donors (Lipinski definition) is 1. The number of carbonyl (C=O) groups excluding carboxylic acids is 2. The Labute approximate surface area is 167 Å². The normalized spacial score (nSPS) is 14.9. The second-order valence-electron chi connectivity index (χ2n) is 6.23. The van der Waals surface area contributed by atoms with Gasteiger partial charge in [-0.3, -0.25) is 14.7 Å². The Morgan fingerprint density at radius 3 is 2.82 bits per heavy atom. The quantitative estimate of drug-likeness (QED) is 0.502. The molecule has 9 nitrogen and oxygen atoms in total. The van der Waals surface area contributed by atoms with E-state index in [1.54, 1.807) is 19.3 Å². The summed E-state index contributed by atoms with van der Waals surface area (Å²) in [5, 5.41) is 11.5. The van der Waals surface area contributed by atoms with Crippen molar-refractivity contribution in [3.05, 3.63) is 24.5 Å². The molecule has 0 bridgehead atoms. The van der Waals surface area contributed by atoms with Gasteiger partial charge in [-0.05, 0) is 32.4 Å². The molecule has 2 aromatic rings. The first-order valence-electron chi connectivity index (χ1n) is 9.29. The summed E-state index contributed by atoms with van der Waals surface area (Å²) < 4.78 is 7.43. The maximum atomic E-state index is 12.6. The van der Waals surface area contributed by atoms with Crippen LogP contribution in [0.2, 0.25) is 0 Å². The third-order valence-corrected chi connectivity index (χ3v) is 5.35. The van der Waals surface area contributed by atoms with Crippen LogP contribution in [0, 0.1) is 0 Å². The van der Waals surface area contributed by atoms with Gasteiger partial charge in [0.25, 0.3) is 0 Å². The van der Waals surface area contributed by atoms with Crippen LogP contribution in [-0.4, -0.2) is 68.1 Å². The molecule has 0 aromatic carbocycles. The monoisotopic (exact) mass is 404 g/mol. The number of thioether (sulfide) groups is 1. The zero-order chi connectivity index (χ0) is 19.9. The van der Waals surface area contributed by atoms with E-state index in [0.29, 0.717) is 38.0 Å². The third kappa shape index (κ3) is 4.68. The van der Waals surface area contributed by atoms with E-state index >= 15 is 0 Å². The van der Waals surface area contributed by atoms with Crippen molar-refractivity contribution in [1.82, 2.24) is 30.0 Å². The van der Waals surface area contributed by atoms with Gasteiger partial charge in [-0.2, -0.15) is 0 Å². The van der Waals surface area contributed by atoms with Crippen LogP contribution in [0.3, 0.4) is 0 Å². The minimum absolute atomic E-state index is 0.227. The van der Waals surface area contributed by atoms with Crippen LogP contribution in [0.5, 0.6) is 0 Å². The second-order valence-corrected chi connectivity index (χ2v) is 7.53. The van der Waals surface area contributed by atoms with Crippen LogP contribution in [0.4, 0.5) is 4.79 Å². The average molecular weight is 404 g/mol. The Morgan fingerprint density at radius 1 is 1.36 bits per heavy atom. The fraction of sp³-hybridized carbons (Fsp3) is 0.500. The van der Waals surface area contributed by atoms with Crippen molar-refractivity contribution < 1.29 is 14.3 Å². The van der Waals surface area contributed by atoms with Gasteiger partial charge >= 0.3 is 6.03 Å². The number of pyridine rings is 1. The van der Waals surface area contributed by atoms with Gasteiger partial charge in [0.05, 0.1) is 5.25 Å². The summed E-state index contributed by atoms with van der Waals surface area (Å²) in [6.45, 7) is 6.60. The molecule has 1 fully saturated rings. The number of amides is 3. The minimum Gasteiger partial charge on any atom is -0.382 e. The van der Waals surface area contributed by atoms with E-state index in [2.05, 4.69) is 20.5 Å². The topological polar surface area (TPSA) is 102 Å². The van der Waals surface area contributed by atoms with Gasteiger partial charge in [-0.15, -0.1) is 10.2 Å². The van der Waals surface area contributed by atoms with E-state index < -0.39 is 5.25 Å². The standard InChI is InChI=1S/C18H24N6O3S/c1-3-27-12-4-10-23-15(14-5-7-19-8-6-14)21-22-18(23)28-13(2)16(25)24-11-9-20-17(24)26/h5-8,13H,3-4,9-12H2,1-2H3,(H,20,26)/t13-/m1/s1. The molecule has 0 saturated carbocycles. The molecule has 0 unspecified atom stereocenters. The predicted octanol–water partition coefficient (Wildman–Crippen LogP) is 1.80. The molecule has 0 spiro atoms. The van der Waals surface area contributed by atoms with Gasteiger partial charge in [0.15, 0.2) is 11.0 Å². The van der Waals surface area contributed by atoms with Crippen LogP contribution < -0.4 is 5.32 Å². The molecule has 1 atom stereocenters. The molecule has 3 rings (SSSR count). The highest BCUT2D eigenvalue weighted by Gasteiger charge is 2.31. The average Bonchev–Trinajstić information content (AvgIpc) is 3.31. The summed E-state index contributed by atoms with van der Waals surface area (Å²) in [4.78, 5) is 29.7. The highest BCUT2D eigenvalue weighted by Crippen LogP contribution is 2.28. The molecular formula is C18H24N6O3S. The molecule has 2 aromatic heterocycles. The minimum atomic E-state index is -0.455. The molecule has 150 valence electrons. The molecule has 1 aliphatic heterocycles. The van der Waals surface area contributed by atoms with Crippen molar-refractivity contribution >= 4 is 23.7 Å². The highest BCUT2D eigenvalue weighted by molar-refractivity contribution is 8.00. The first kappa shape index (κ1) is 20.3. The summed E-state index contributed by atoms with van der Waals surface area (Å²) in [5.74, 6) is 0.495. The molecule has 1 saturated heterocycles. The predicted molar refractivity (Wildman–Crippen MR) is 105 cm³/mol. The zero-order valence-electron chi connectivity index (χ0n) is 16.0. The molecule has 10 heteroatoms. The van der Waals surface area contributed by atoms with Crippen molar-refractivity contribution in [2.24, 2.45) is 0 Å². The van der Waals surface area contributed by atoms with Gasteiger partial charge in [0.1, 0.15) is 0 Å². The zero-order valence-corrected chi connectivity index (χ0v) is 16.8. The van der Waals surface area contributed by atoms with Crippen LogP contribution >= 0.6 is 11.8 Å². The van der Waals surface area contributed by atoms with E-state index in [1.165, 1.54) is 16.7 Å². The number of rotatable bonds is 9. The van der Waals surface area contributed by atoms with Crippen molar-refractivity contribution in [3.8, 4) is 11.4 Å². The fourth-order valence-electron chi connectivity index (χ4n) is 2.87.